The zero-order chi connectivity index (χ0) is 17.4. The molecule has 2 N–H and O–H groups in total. The van der Waals surface area contributed by atoms with Crippen molar-refractivity contribution in [2.45, 2.75) is 20.5 Å². The van der Waals surface area contributed by atoms with Crippen LogP contribution in [0.25, 0.3) is 0 Å². The van der Waals surface area contributed by atoms with Crippen LogP contribution in [-0.4, -0.2) is 24.9 Å². The largest absolute Gasteiger partial charge is 0.489 e. The number of nitrogens with one attached hydrogen (secondary N) is 2. The second-order valence-corrected chi connectivity index (χ2v) is 5.58. The first-order valence-electron chi connectivity index (χ1n) is 7.88. The van der Waals surface area contributed by atoms with Crippen molar-refractivity contribution in [3.05, 3.63) is 54.0 Å². The van der Waals surface area contributed by atoms with Gasteiger partial charge in [0.1, 0.15) is 12.4 Å². The van der Waals surface area contributed by atoms with E-state index in [9.17, 15) is 9.59 Å². The average molecular weight is 330 g/mol. The van der Waals surface area contributed by atoms with Crippen LogP contribution >= 0.6 is 0 Å². The van der Waals surface area contributed by atoms with E-state index in [1.165, 1.54) is 6.26 Å². The Morgan fingerprint density at radius 3 is 2.50 bits per heavy atom. The highest BCUT2D eigenvalue weighted by molar-refractivity contribution is 5.92. The van der Waals surface area contributed by atoms with Gasteiger partial charge in [-0.1, -0.05) is 32.0 Å². The van der Waals surface area contributed by atoms with Crippen LogP contribution in [0.3, 0.4) is 0 Å². The lowest BCUT2D eigenvalue weighted by molar-refractivity contribution is -0.123. The number of carbonyl (C=O) groups is 2. The van der Waals surface area contributed by atoms with E-state index in [-0.39, 0.29) is 30.1 Å². The fraction of sp³-hybridized carbons (Fsp3) is 0.333. The molecule has 0 aliphatic rings. The number of para-hydroxylation sites is 1. The Morgan fingerprint density at radius 1 is 1.08 bits per heavy atom. The minimum Gasteiger partial charge on any atom is -0.489 e. The molecule has 0 unspecified atom stereocenters. The first-order chi connectivity index (χ1) is 11.6. The van der Waals surface area contributed by atoms with E-state index < -0.39 is 0 Å². The van der Waals surface area contributed by atoms with Crippen molar-refractivity contribution in [1.82, 2.24) is 10.6 Å². The summed E-state index contributed by atoms with van der Waals surface area (Å²) >= 11 is 0. The lowest BCUT2D eigenvalue weighted by Gasteiger charge is -2.09. The fourth-order valence-electron chi connectivity index (χ4n) is 1.97. The molecular weight excluding hydrogens is 308 g/mol. The third-order valence-electron chi connectivity index (χ3n) is 3.32. The third kappa shape index (κ3) is 5.15. The second kappa shape index (κ2) is 8.76. The third-order valence-corrected chi connectivity index (χ3v) is 3.32. The molecule has 24 heavy (non-hydrogen) atoms. The topological polar surface area (TPSA) is 80.6 Å². The summed E-state index contributed by atoms with van der Waals surface area (Å²) in [5.74, 6) is 0.500. The molecule has 0 aliphatic carbocycles. The van der Waals surface area contributed by atoms with Gasteiger partial charge in [-0.3, -0.25) is 9.59 Å². The molecule has 0 saturated carbocycles. The Hall–Kier alpha value is -2.76. The van der Waals surface area contributed by atoms with Crippen LogP contribution in [0, 0.1) is 5.92 Å². The van der Waals surface area contributed by atoms with Crippen LogP contribution < -0.4 is 15.4 Å². The predicted molar refractivity (Wildman–Crippen MR) is 89.7 cm³/mol. The zero-order valence-corrected chi connectivity index (χ0v) is 13.9. The lowest BCUT2D eigenvalue weighted by Crippen LogP contribution is -2.36. The first-order valence-corrected chi connectivity index (χ1v) is 7.88. The van der Waals surface area contributed by atoms with Crippen molar-refractivity contribution >= 4 is 11.8 Å². The van der Waals surface area contributed by atoms with Gasteiger partial charge in [0.05, 0.1) is 6.26 Å². The zero-order valence-electron chi connectivity index (χ0n) is 13.9. The maximum absolute atomic E-state index is 12.1. The molecule has 0 radical (unpaired) electrons. The monoisotopic (exact) mass is 330 g/mol. The summed E-state index contributed by atoms with van der Waals surface area (Å²) in [5.41, 5.74) is 0.669. The van der Waals surface area contributed by atoms with Gasteiger partial charge in [-0.25, -0.2) is 0 Å². The number of amides is 2. The van der Waals surface area contributed by atoms with Gasteiger partial charge in [-0.05, 0) is 18.2 Å². The molecule has 2 aromatic rings. The van der Waals surface area contributed by atoms with Crippen LogP contribution in [0.4, 0.5) is 0 Å². The minimum atomic E-state index is -0.328. The van der Waals surface area contributed by atoms with Crippen molar-refractivity contribution in [1.29, 1.82) is 0 Å². The summed E-state index contributed by atoms with van der Waals surface area (Å²) in [6, 6.07) is 11.1. The SMILES string of the molecule is CC(C)C(=O)NCCNC(=O)c1occc1COc1ccccc1. The van der Waals surface area contributed by atoms with Gasteiger partial charge in [0.2, 0.25) is 5.91 Å². The van der Waals surface area contributed by atoms with Crippen molar-refractivity contribution in [3.63, 3.8) is 0 Å². The Kier molecular flexibility index (Phi) is 6.42. The van der Waals surface area contributed by atoms with E-state index in [0.717, 1.165) is 5.75 Å². The molecular formula is C18H22N2O4. The molecule has 0 aliphatic heterocycles. The Labute approximate surface area is 141 Å². The average Bonchev–Trinajstić information content (AvgIpc) is 3.06. The van der Waals surface area contributed by atoms with Crippen molar-refractivity contribution in [2.75, 3.05) is 13.1 Å². The number of hydrogen-bond acceptors (Lipinski definition) is 4. The van der Waals surface area contributed by atoms with Crippen LogP contribution in [0.1, 0.15) is 30.0 Å². The number of furan rings is 1. The van der Waals surface area contributed by atoms with Crippen LogP contribution in [0.2, 0.25) is 0 Å². The van der Waals surface area contributed by atoms with Gasteiger partial charge in [0, 0.05) is 24.6 Å². The second-order valence-electron chi connectivity index (χ2n) is 5.58. The summed E-state index contributed by atoms with van der Waals surface area (Å²) < 4.78 is 10.9. The molecule has 0 spiro atoms. The van der Waals surface area contributed by atoms with Gasteiger partial charge in [0.15, 0.2) is 5.76 Å². The molecule has 1 aromatic carbocycles. The number of hydrogen-bond donors (Lipinski definition) is 2. The molecule has 0 bridgehead atoms. The highest BCUT2D eigenvalue weighted by atomic mass is 16.5. The number of rotatable bonds is 8. The van der Waals surface area contributed by atoms with E-state index in [1.54, 1.807) is 6.07 Å². The van der Waals surface area contributed by atoms with Gasteiger partial charge in [-0.2, -0.15) is 0 Å². The van der Waals surface area contributed by atoms with E-state index >= 15 is 0 Å². The van der Waals surface area contributed by atoms with Gasteiger partial charge < -0.3 is 19.8 Å². The molecule has 2 amide bonds. The molecule has 1 heterocycles. The molecule has 6 heteroatoms. The number of ether oxygens (including phenoxy) is 1. The molecule has 2 rings (SSSR count). The van der Waals surface area contributed by atoms with E-state index in [1.807, 2.05) is 44.2 Å². The van der Waals surface area contributed by atoms with Gasteiger partial charge >= 0.3 is 0 Å². The maximum atomic E-state index is 12.1. The van der Waals surface area contributed by atoms with Crippen molar-refractivity contribution in [2.24, 2.45) is 5.92 Å². The molecule has 6 nitrogen and oxygen atoms in total. The van der Waals surface area contributed by atoms with E-state index in [0.29, 0.717) is 18.7 Å². The lowest BCUT2D eigenvalue weighted by atomic mass is 10.2. The van der Waals surface area contributed by atoms with Gasteiger partial charge in [-0.15, -0.1) is 0 Å². The number of carbonyl (C=O) groups excluding carboxylic acids is 2. The highest BCUT2D eigenvalue weighted by Gasteiger charge is 2.15. The van der Waals surface area contributed by atoms with Crippen LogP contribution in [0.5, 0.6) is 5.75 Å². The molecule has 1 aromatic heterocycles. The van der Waals surface area contributed by atoms with Crippen LogP contribution in [-0.2, 0) is 11.4 Å². The fourth-order valence-corrected chi connectivity index (χ4v) is 1.97. The van der Waals surface area contributed by atoms with E-state index in [2.05, 4.69) is 10.6 Å². The molecule has 0 atom stereocenters. The smallest absolute Gasteiger partial charge is 0.287 e. The Morgan fingerprint density at radius 2 is 1.79 bits per heavy atom. The number of benzene rings is 1. The van der Waals surface area contributed by atoms with Crippen molar-refractivity contribution < 1.29 is 18.7 Å². The minimum absolute atomic E-state index is 0.0424. The van der Waals surface area contributed by atoms with Gasteiger partial charge in [0.25, 0.3) is 5.91 Å². The summed E-state index contributed by atoms with van der Waals surface area (Å²) in [7, 11) is 0. The maximum Gasteiger partial charge on any atom is 0.287 e. The molecule has 0 saturated heterocycles. The normalized spacial score (nSPS) is 10.5. The highest BCUT2D eigenvalue weighted by Crippen LogP contribution is 2.15. The Bertz CT molecular complexity index is 665. The molecule has 0 fully saturated rings. The molecule has 128 valence electrons. The summed E-state index contributed by atoms with van der Waals surface area (Å²) in [4.78, 5) is 23.6. The van der Waals surface area contributed by atoms with Crippen molar-refractivity contribution in [3.8, 4) is 5.75 Å². The summed E-state index contributed by atoms with van der Waals surface area (Å²) in [6.45, 7) is 4.58. The standard InChI is InChI=1S/C18H22N2O4/c1-13(2)17(21)19-9-10-20-18(22)16-14(8-11-23-16)12-24-15-6-4-3-5-7-15/h3-8,11,13H,9-10,12H2,1-2H3,(H,19,21)(H,20,22). The predicted octanol–water partition coefficient (Wildman–Crippen LogP) is 2.36. The van der Waals surface area contributed by atoms with Crippen LogP contribution in [0.15, 0.2) is 47.1 Å². The summed E-state index contributed by atoms with van der Waals surface area (Å²) in [6.07, 6.45) is 1.46. The summed E-state index contributed by atoms with van der Waals surface area (Å²) in [5, 5.41) is 5.45. The Balaban J connectivity index is 1.81. The van der Waals surface area contributed by atoms with E-state index in [4.69, 9.17) is 9.15 Å². The quantitative estimate of drug-likeness (QED) is 0.728. The first kappa shape index (κ1) is 17.6.